The second-order valence-electron chi connectivity index (χ2n) is 7.02. The van der Waals surface area contributed by atoms with Gasteiger partial charge in [0.1, 0.15) is 0 Å². The highest BCUT2D eigenvalue weighted by Gasteiger charge is 2.36. The third-order valence-corrected chi connectivity index (χ3v) is 5.06. The summed E-state index contributed by atoms with van der Waals surface area (Å²) in [6.45, 7) is 9.55. The number of likely N-dealkylation sites (N-methyl/N-ethyl adjacent to an activating group) is 1. The SMILES string of the molecule is CCn1nc(C)cc1CNCC1(N(C)C)CCCC(C)C1. The Morgan fingerprint density at radius 1 is 1.48 bits per heavy atom. The summed E-state index contributed by atoms with van der Waals surface area (Å²) in [4.78, 5) is 2.44. The molecular formula is C17H32N4. The van der Waals surface area contributed by atoms with Crippen LogP contribution in [0.5, 0.6) is 0 Å². The molecule has 0 saturated heterocycles. The summed E-state index contributed by atoms with van der Waals surface area (Å²) in [6.07, 6.45) is 5.35. The molecule has 0 bridgehead atoms. The molecule has 1 fully saturated rings. The minimum Gasteiger partial charge on any atom is -0.309 e. The van der Waals surface area contributed by atoms with Crippen LogP contribution in [0.25, 0.3) is 0 Å². The van der Waals surface area contributed by atoms with Gasteiger partial charge in [-0.25, -0.2) is 0 Å². The fourth-order valence-electron chi connectivity index (χ4n) is 3.80. The van der Waals surface area contributed by atoms with Crippen molar-refractivity contribution in [1.29, 1.82) is 0 Å². The van der Waals surface area contributed by atoms with Gasteiger partial charge in [-0.2, -0.15) is 5.10 Å². The van der Waals surface area contributed by atoms with Crippen LogP contribution in [0.2, 0.25) is 0 Å². The molecule has 4 heteroatoms. The zero-order valence-corrected chi connectivity index (χ0v) is 14.4. The van der Waals surface area contributed by atoms with E-state index in [-0.39, 0.29) is 0 Å². The van der Waals surface area contributed by atoms with E-state index in [9.17, 15) is 0 Å². The number of nitrogens with zero attached hydrogens (tertiary/aromatic N) is 3. The van der Waals surface area contributed by atoms with Crippen LogP contribution in [0.1, 0.15) is 50.9 Å². The van der Waals surface area contributed by atoms with Crippen LogP contribution in [-0.2, 0) is 13.1 Å². The topological polar surface area (TPSA) is 33.1 Å². The van der Waals surface area contributed by atoms with Gasteiger partial charge < -0.3 is 10.2 Å². The maximum absolute atomic E-state index is 4.53. The van der Waals surface area contributed by atoms with Crippen molar-refractivity contribution >= 4 is 0 Å². The molecule has 0 aromatic carbocycles. The molecule has 0 aliphatic heterocycles. The third kappa shape index (κ3) is 3.86. The van der Waals surface area contributed by atoms with E-state index in [0.29, 0.717) is 5.54 Å². The van der Waals surface area contributed by atoms with Crippen LogP contribution in [0.4, 0.5) is 0 Å². The molecule has 1 aromatic heterocycles. The lowest BCUT2D eigenvalue weighted by Gasteiger charge is -2.45. The van der Waals surface area contributed by atoms with Crippen LogP contribution < -0.4 is 5.32 Å². The van der Waals surface area contributed by atoms with Crippen molar-refractivity contribution < 1.29 is 0 Å². The molecule has 21 heavy (non-hydrogen) atoms. The highest BCUT2D eigenvalue weighted by atomic mass is 15.3. The zero-order valence-electron chi connectivity index (χ0n) is 14.4. The fraction of sp³-hybridized carbons (Fsp3) is 0.824. The molecule has 1 N–H and O–H groups in total. The van der Waals surface area contributed by atoms with E-state index >= 15 is 0 Å². The molecule has 4 nitrogen and oxygen atoms in total. The number of nitrogens with one attached hydrogen (secondary N) is 1. The first kappa shape index (κ1) is 16.5. The number of aryl methyl sites for hydroxylation is 2. The van der Waals surface area contributed by atoms with Gasteiger partial charge in [-0.05, 0) is 52.8 Å². The average Bonchev–Trinajstić information content (AvgIpc) is 2.79. The summed E-state index contributed by atoms with van der Waals surface area (Å²) in [5.74, 6) is 0.839. The molecule has 2 atom stereocenters. The van der Waals surface area contributed by atoms with Crippen LogP contribution in [-0.4, -0.2) is 40.9 Å². The normalized spacial score (nSPS) is 26.5. The van der Waals surface area contributed by atoms with Crippen LogP contribution in [0.15, 0.2) is 6.07 Å². The highest BCUT2D eigenvalue weighted by molar-refractivity contribution is 5.09. The lowest BCUT2D eigenvalue weighted by Crippen LogP contribution is -2.54. The molecule has 1 aliphatic carbocycles. The highest BCUT2D eigenvalue weighted by Crippen LogP contribution is 2.35. The van der Waals surface area contributed by atoms with Gasteiger partial charge in [0.05, 0.1) is 11.4 Å². The van der Waals surface area contributed by atoms with Gasteiger partial charge >= 0.3 is 0 Å². The van der Waals surface area contributed by atoms with Crippen molar-refractivity contribution in [3.8, 4) is 0 Å². The Balaban J connectivity index is 1.96. The first-order chi connectivity index (χ1) is 9.97. The zero-order chi connectivity index (χ0) is 15.5. The quantitative estimate of drug-likeness (QED) is 0.875. The maximum atomic E-state index is 4.53. The average molecular weight is 292 g/mol. The number of aromatic nitrogens is 2. The fourth-order valence-corrected chi connectivity index (χ4v) is 3.80. The Morgan fingerprint density at radius 2 is 2.24 bits per heavy atom. The number of hydrogen-bond acceptors (Lipinski definition) is 3. The lowest BCUT2D eigenvalue weighted by molar-refractivity contribution is 0.0748. The Labute approximate surface area is 129 Å². The van der Waals surface area contributed by atoms with Gasteiger partial charge in [-0.15, -0.1) is 0 Å². The predicted octanol–water partition coefficient (Wildman–Crippen LogP) is 2.81. The molecular weight excluding hydrogens is 260 g/mol. The Hall–Kier alpha value is -0.870. The lowest BCUT2D eigenvalue weighted by atomic mass is 9.75. The molecule has 1 aliphatic rings. The van der Waals surface area contributed by atoms with Crippen LogP contribution >= 0.6 is 0 Å². The molecule has 1 saturated carbocycles. The van der Waals surface area contributed by atoms with Gasteiger partial charge in [0, 0.05) is 25.2 Å². The van der Waals surface area contributed by atoms with E-state index in [4.69, 9.17) is 0 Å². The third-order valence-electron chi connectivity index (χ3n) is 5.06. The largest absolute Gasteiger partial charge is 0.309 e. The minimum atomic E-state index is 0.323. The first-order valence-corrected chi connectivity index (χ1v) is 8.38. The summed E-state index contributed by atoms with van der Waals surface area (Å²) in [5, 5.41) is 8.22. The van der Waals surface area contributed by atoms with Crippen molar-refractivity contribution in [2.75, 3.05) is 20.6 Å². The van der Waals surface area contributed by atoms with E-state index in [2.05, 4.69) is 60.9 Å². The molecule has 2 unspecified atom stereocenters. The summed E-state index contributed by atoms with van der Waals surface area (Å²) in [6, 6.07) is 2.20. The van der Waals surface area contributed by atoms with E-state index in [0.717, 1.165) is 31.2 Å². The van der Waals surface area contributed by atoms with Gasteiger partial charge in [0.2, 0.25) is 0 Å². The van der Waals surface area contributed by atoms with Crippen molar-refractivity contribution in [2.45, 2.75) is 65.1 Å². The summed E-state index contributed by atoms with van der Waals surface area (Å²) < 4.78 is 2.11. The first-order valence-electron chi connectivity index (χ1n) is 8.38. The van der Waals surface area contributed by atoms with Crippen molar-refractivity contribution in [3.05, 3.63) is 17.5 Å². The Bertz CT molecular complexity index is 452. The number of hydrogen-bond donors (Lipinski definition) is 1. The van der Waals surface area contributed by atoms with Crippen LogP contribution in [0, 0.1) is 12.8 Å². The molecule has 1 heterocycles. The standard InChI is InChI=1S/C17H32N4/c1-6-21-16(10-15(3)19-21)12-18-13-17(20(4)5)9-7-8-14(2)11-17/h10,14,18H,6-9,11-13H2,1-5H3. The summed E-state index contributed by atoms with van der Waals surface area (Å²) in [7, 11) is 4.47. The molecule has 1 aromatic rings. The smallest absolute Gasteiger partial charge is 0.0597 e. The second kappa shape index (κ2) is 6.93. The van der Waals surface area contributed by atoms with Crippen molar-refractivity contribution in [3.63, 3.8) is 0 Å². The molecule has 0 spiro atoms. The molecule has 0 amide bonds. The van der Waals surface area contributed by atoms with E-state index in [1.165, 1.54) is 31.4 Å². The van der Waals surface area contributed by atoms with Crippen molar-refractivity contribution in [2.24, 2.45) is 5.92 Å². The van der Waals surface area contributed by atoms with Crippen LogP contribution in [0.3, 0.4) is 0 Å². The Morgan fingerprint density at radius 3 is 2.86 bits per heavy atom. The minimum absolute atomic E-state index is 0.323. The monoisotopic (exact) mass is 292 g/mol. The van der Waals surface area contributed by atoms with Gasteiger partial charge in [0.25, 0.3) is 0 Å². The summed E-state index contributed by atoms with van der Waals surface area (Å²) >= 11 is 0. The van der Waals surface area contributed by atoms with Gasteiger partial charge in [0.15, 0.2) is 0 Å². The summed E-state index contributed by atoms with van der Waals surface area (Å²) in [5.41, 5.74) is 2.74. The van der Waals surface area contributed by atoms with E-state index < -0.39 is 0 Å². The van der Waals surface area contributed by atoms with E-state index in [1.54, 1.807) is 0 Å². The molecule has 120 valence electrons. The number of rotatable bonds is 6. The maximum Gasteiger partial charge on any atom is 0.0597 e. The molecule has 0 radical (unpaired) electrons. The Kier molecular flexibility index (Phi) is 5.44. The molecule has 2 rings (SSSR count). The van der Waals surface area contributed by atoms with Crippen molar-refractivity contribution in [1.82, 2.24) is 20.0 Å². The van der Waals surface area contributed by atoms with Gasteiger partial charge in [-0.1, -0.05) is 19.8 Å². The van der Waals surface area contributed by atoms with E-state index in [1.807, 2.05) is 0 Å². The second-order valence-corrected chi connectivity index (χ2v) is 7.02. The predicted molar refractivity (Wildman–Crippen MR) is 88.4 cm³/mol. The van der Waals surface area contributed by atoms with Gasteiger partial charge in [-0.3, -0.25) is 4.68 Å².